The molecule has 1 unspecified atom stereocenters. The maximum Gasteiger partial charge on any atom is 0.345 e. The van der Waals surface area contributed by atoms with E-state index >= 15 is 0 Å². The van der Waals surface area contributed by atoms with Crippen molar-refractivity contribution >= 4 is 29.8 Å². The predicted octanol–water partition coefficient (Wildman–Crippen LogP) is 1.95. The van der Waals surface area contributed by atoms with Crippen molar-refractivity contribution in [3.63, 3.8) is 0 Å². The SMILES string of the molecule is CC1CC(=O)C(=C(O)Cc2ccc(N)cc2)C(=O)O1.Cl. The average molecular weight is 298 g/mol. The summed E-state index contributed by atoms with van der Waals surface area (Å²) in [6, 6.07) is 6.84. The van der Waals surface area contributed by atoms with E-state index in [4.69, 9.17) is 10.5 Å². The number of allylic oxidation sites excluding steroid dienone is 1. The highest BCUT2D eigenvalue weighted by atomic mass is 35.5. The molecule has 108 valence electrons. The molecule has 1 saturated heterocycles. The Morgan fingerprint density at radius 3 is 2.50 bits per heavy atom. The lowest BCUT2D eigenvalue weighted by molar-refractivity contribution is -0.150. The van der Waals surface area contributed by atoms with Gasteiger partial charge in [0.25, 0.3) is 0 Å². The third-order valence-electron chi connectivity index (χ3n) is 2.90. The lowest BCUT2D eigenvalue weighted by Gasteiger charge is -2.20. The molecule has 0 amide bonds. The van der Waals surface area contributed by atoms with Gasteiger partial charge in [0.15, 0.2) is 5.78 Å². The molecule has 1 atom stereocenters. The lowest BCUT2D eigenvalue weighted by Crippen LogP contribution is -2.31. The molecular formula is C14H16ClNO4. The van der Waals surface area contributed by atoms with Gasteiger partial charge < -0.3 is 15.6 Å². The van der Waals surface area contributed by atoms with E-state index in [0.717, 1.165) is 5.56 Å². The van der Waals surface area contributed by atoms with Crippen molar-refractivity contribution in [1.82, 2.24) is 0 Å². The second-order valence-corrected chi connectivity index (χ2v) is 4.58. The van der Waals surface area contributed by atoms with Crippen LogP contribution in [0, 0.1) is 0 Å². The van der Waals surface area contributed by atoms with E-state index in [1.54, 1.807) is 31.2 Å². The van der Waals surface area contributed by atoms with Crippen molar-refractivity contribution in [3.8, 4) is 0 Å². The number of hydrogen-bond acceptors (Lipinski definition) is 5. The van der Waals surface area contributed by atoms with Crippen molar-refractivity contribution in [2.24, 2.45) is 0 Å². The van der Waals surface area contributed by atoms with Crippen LogP contribution < -0.4 is 5.73 Å². The van der Waals surface area contributed by atoms with Gasteiger partial charge in [-0.25, -0.2) is 4.79 Å². The normalized spacial score (nSPS) is 20.9. The molecular weight excluding hydrogens is 282 g/mol. The zero-order valence-electron chi connectivity index (χ0n) is 11.0. The number of carbonyl (C=O) groups excluding carboxylic acids is 2. The number of Topliss-reactive ketones (excluding diaryl/α,β-unsaturated/α-hetero) is 1. The van der Waals surface area contributed by atoms with Gasteiger partial charge in [-0.15, -0.1) is 12.4 Å². The molecule has 0 radical (unpaired) electrons. The standard InChI is InChI=1S/C14H15NO4.ClH/c1-8-6-11(16)13(14(18)19-8)12(17)7-9-2-4-10(15)5-3-9;/h2-5,8,17H,6-7,15H2,1H3;1H. The van der Waals surface area contributed by atoms with Crippen LogP contribution >= 0.6 is 12.4 Å². The van der Waals surface area contributed by atoms with Gasteiger partial charge in [-0.3, -0.25) is 4.79 Å². The van der Waals surface area contributed by atoms with Crippen molar-refractivity contribution in [2.45, 2.75) is 25.9 Å². The minimum atomic E-state index is -0.753. The smallest absolute Gasteiger partial charge is 0.345 e. The summed E-state index contributed by atoms with van der Waals surface area (Å²) < 4.78 is 4.95. The molecule has 1 aromatic carbocycles. The Bertz CT molecular complexity index is 531. The summed E-state index contributed by atoms with van der Waals surface area (Å²) in [7, 11) is 0. The monoisotopic (exact) mass is 297 g/mol. The number of nitrogen functional groups attached to an aromatic ring is 1. The number of halogens is 1. The molecule has 0 bridgehead atoms. The van der Waals surface area contributed by atoms with Crippen molar-refractivity contribution in [2.75, 3.05) is 5.73 Å². The number of nitrogens with two attached hydrogens (primary N) is 1. The van der Waals surface area contributed by atoms with Gasteiger partial charge in [0.05, 0.1) is 0 Å². The molecule has 0 saturated carbocycles. The van der Waals surface area contributed by atoms with Crippen LogP contribution in [-0.2, 0) is 20.7 Å². The first kappa shape index (κ1) is 16.0. The molecule has 2 rings (SSSR count). The maximum absolute atomic E-state index is 11.8. The van der Waals surface area contributed by atoms with Crippen molar-refractivity contribution in [1.29, 1.82) is 0 Å². The molecule has 0 aromatic heterocycles. The summed E-state index contributed by atoms with van der Waals surface area (Å²) >= 11 is 0. The van der Waals surface area contributed by atoms with Crippen molar-refractivity contribution in [3.05, 3.63) is 41.2 Å². The number of benzene rings is 1. The summed E-state index contributed by atoms with van der Waals surface area (Å²) in [4.78, 5) is 23.4. The molecule has 0 spiro atoms. The Labute approximate surface area is 122 Å². The number of cyclic esters (lactones) is 1. The van der Waals surface area contributed by atoms with Gasteiger partial charge >= 0.3 is 5.97 Å². The molecule has 5 nitrogen and oxygen atoms in total. The Hall–Kier alpha value is -2.01. The molecule has 20 heavy (non-hydrogen) atoms. The number of anilines is 1. The molecule has 1 aromatic rings. The third-order valence-corrected chi connectivity index (χ3v) is 2.90. The Kier molecular flexibility index (Phi) is 5.16. The van der Waals surface area contributed by atoms with Crippen LogP contribution in [0.1, 0.15) is 18.9 Å². The van der Waals surface area contributed by atoms with Gasteiger partial charge in [-0.05, 0) is 24.6 Å². The number of ether oxygens (including phenoxy) is 1. The number of rotatable bonds is 2. The second-order valence-electron chi connectivity index (χ2n) is 4.58. The first-order chi connectivity index (χ1) is 8.97. The predicted molar refractivity (Wildman–Crippen MR) is 76.6 cm³/mol. The van der Waals surface area contributed by atoms with Crippen LogP contribution in [0.2, 0.25) is 0 Å². The van der Waals surface area contributed by atoms with E-state index in [0.29, 0.717) is 5.69 Å². The van der Waals surface area contributed by atoms with E-state index < -0.39 is 12.1 Å². The van der Waals surface area contributed by atoms with E-state index in [-0.39, 0.29) is 42.4 Å². The summed E-state index contributed by atoms with van der Waals surface area (Å²) in [5.41, 5.74) is 6.69. The third kappa shape index (κ3) is 3.51. The summed E-state index contributed by atoms with van der Waals surface area (Å²) in [6.07, 6.45) is -0.231. The van der Waals surface area contributed by atoms with Crippen molar-refractivity contribution < 1.29 is 19.4 Å². The van der Waals surface area contributed by atoms with Gasteiger partial charge in [0, 0.05) is 18.5 Å². The minimum absolute atomic E-state index is 0. The molecule has 3 N–H and O–H groups in total. The van der Waals surface area contributed by atoms with Gasteiger partial charge in [0.2, 0.25) is 0 Å². The number of ketones is 1. The molecule has 1 aliphatic rings. The maximum atomic E-state index is 11.8. The van der Waals surface area contributed by atoms with Gasteiger partial charge in [0.1, 0.15) is 17.4 Å². The van der Waals surface area contributed by atoms with Crippen LogP contribution in [0.15, 0.2) is 35.6 Å². The zero-order valence-corrected chi connectivity index (χ0v) is 11.8. The van der Waals surface area contributed by atoms with Crippen LogP contribution in [-0.4, -0.2) is 23.0 Å². The first-order valence-electron chi connectivity index (χ1n) is 5.98. The average Bonchev–Trinajstić information content (AvgIpc) is 2.30. The Balaban J connectivity index is 0.00000200. The molecule has 6 heteroatoms. The van der Waals surface area contributed by atoms with Crippen LogP contribution in [0.25, 0.3) is 0 Å². The minimum Gasteiger partial charge on any atom is -0.511 e. The molecule has 1 fully saturated rings. The van der Waals surface area contributed by atoms with E-state index in [1.807, 2.05) is 0 Å². The fourth-order valence-corrected chi connectivity index (χ4v) is 1.96. The van der Waals surface area contributed by atoms with Crippen LogP contribution in [0.5, 0.6) is 0 Å². The Morgan fingerprint density at radius 2 is 1.95 bits per heavy atom. The number of aliphatic hydroxyl groups is 1. The summed E-state index contributed by atoms with van der Waals surface area (Å²) in [6.45, 7) is 1.64. The largest absolute Gasteiger partial charge is 0.511 e. The summed E-state index contributed by atoms with van der Waals surface area (Å²) in [5.74, 6) is -1.39. The fourth-order valence-electron chi connectivity index (χ4n) is 1.96. The highest BCUT2D eigenvalue weighted by Crippen LogP contribution is 2.20. The number of aliphatic hydroxyl groups excluding tert-OH is 1. The Morgan fingerprint density at radius 1 is 1.35 bits per heavy atom. The van der Waals surface area contributed by atoms with Gasteiger partial charge in [-0.1, -0.05) is 12.1 Å². The number of hydrogen-bond donors (Lipinski definition) is 2. The second kappa shape index (κ2) is 6.43. The number of carbonyl (C=O) groups is 2. The van der Waals surface area contributed by atoms with Crippen LogP contribution in [0.3, 0.4) is 0 Å². The number of esters is 1. The topological polar surface area (TPSA) is 89.6 Å². The molecule has 1 aliphatic heterocycles. The van der Waals surface area contributed by atoms with E-state index in [9.17, 15) is 14.7 Å². The van der Waals surface area contributed by atoms with Gasteiger partial charge in [-0.2, -0.15) is 0 Å². The molecule has 1 heterocycles. The summed E-state index contributed by atoms with van der Waals surface area (Å²) in [5, 5.41) is 9.95. The highest BCUT2D eigenvalue weighted by molar-refractivity contribution is 6.19. The zero-order chi connectivity index (χ0) is 14.0. The van der Waals surface area contributed by atoms with E-state index in [1.165, 1.54) is 0 Å². The van der Waals surface area contributed by atoms with E-state index in [2.05, 4.69) is 0 Å². The fraction of sp³-hybridized carbons (Fsp3) is 0.286. The first-order valence-corrected chi connectivity index (χ1v) is 5.98. The quantitative estimate of drug-likeness (QED) is 0.286. The highest BCUT2D eigenvalue weighted by Gasteiger charge is 2.32. The molecule has 0 aliphatic carbocycles. The van der Waals surface area contributed by atoms with Crippen LogP contribution in [0.4, 0.5) is 5.69 Å². The lowest BCUT2D eigenvalue weighted by atomic mass is 9.98.